The maximum absolute atomic E-state index is 12.4. The van der Waals surface area contributed by atoms with Crippen molar-refractivity contribution in [2.75, 3.05) is 0 Å². The quantitative estimate of drug-likeness (QED) is 0.443. The summed E-state index contributed by atoms with van der Waals surface area (Å²) in [5, 5.41) is 12.9. The summed E-state index contributed by atoms with van der Waals surface area (Å²) in [7, 11) is 1.57. The number of hydrogen-bond donors (Lipinski definition) is 0. The van der Waals surface area contributed by atoms with Crippen LogP contribution in [0, 0.1) is 20.8 Å². The predicted octanol–water partition coefficient (Wildman–Crippen LogP) is 3.87. The summed E-state index contributed by atoms with van der Waals surface area (Å²) < 4.78 is 10.5. The van der Waals surface area contributed by atoms with Gasteiger partial charge in [-0.15, -0.1) is 0 Å². The Kier molecular flexibility index (Phi) is 5.88. The number of aromatic nitrogens is 6. The number of aryl methyl sites for hydroxylation is 3. The van der Waals surface area contributed by atoms with Crippen LogP contribution in [0.4, 0.5) is 0 Å². The van der Waals surface area contributed by atoms with E-state index in [1.807, 2.05) is 54.9 Å². The fraction of sp³-hybridized carbons (Fsp3) is 0.304. The monoisotopic (exact) mass is 452 g/mol. The zero-order valence-corrected chi connectivity index (χ0v) is 19.5. The molecule has 0 unspecified atom stereocenters. The van der Waals surface area contributed by atoms with Crippen LogP contribution in [0.1, 0.15) is 35.0 Å². The summed E-state index contributed by atoms with van der Waals surface area (Å²) in [5.74, 6) is 0.553. The van der Waals surface area contributed by atoms with Crippen LogP contribution in [-0.2, 0) is 20.1 Å². The molecule has 9 heteroatoms. The lowest BCUT2D eigenvalue weighted by molar-refractivity contribution is 0.304. The van der Waals surface area contributed by atoms with Crippen LogP contribution in [0.3, 0.4) is 0 Å². The van der Waals surface area contributed by atoms with Gasteiger partial charge in [0.2, 0.25) is 0 Å². The van der Waals surface area contributed by atoms with Gasteiger partial charge in [0, 0.05) is 18.3 Å². The van der Waals surface area contributed by atoms with E-state index in [4.69, 9.17) is 16.3 Å². The van der Waals surface area contributed by atoms with Crippen molar-refractivity contribution in [1.82, 2.24) is 29.6 Å². The normalized spacial score (nSPS) is 11.2. The van der Waals surface area contributed by atoms with E-state index in [0.717, 1.165) is 40.2 Å². The van der Waals surface area contributed by atoms with Crippen LogP contribution in [0.5, 0.6) is 5.75 Å². The number of tetrazole rings is 1. The third-order valence-corrected chi connectivity index (χ3v) is 6.06. The predicted molar refractivity (Wildman–Crippen MR) is 123 cm³/mol. The summed E-state index contributed by atoms with van der Waals surface area (Å²) in [6, 6.07) is 11.4. The van der Waals surface area contributed by atoms with Crippen molar-refractivity contribution in [2.24, 2.45) is 7.05 Å². The minimum atomic E-state index is -0.318. The SMILES string of the molecule is CCc1cccc(-n2nnn(C)c2=O)c1COc1ccc(-n2nc(C)c(C)c2C)cc1Cl. The van der Waals surface area contributed by atoms with E-state index in [9.17, 15) is 4.79 Å². The molecule has 0 amide bonds. The van der Waals surface area contributed by atoms with Crippen LogP contribution in [0.15, 0.2) is 41.2 Å². The lowest BCUT2D eigenvalue weighted by Crippen LogP contribution is -2.23. The van der Waals surface area contributed by atoms with Gasteiger partial charge < -0.3 is 4.74 Å². The first-order valence-electron chi connectivity index (χ1n) is 10.4. The van der Waals surface area contributed by atoms with Crippen LogP contribution in [-0.4, -0.2) is 29.6 Å². The Morgan fingerprint density at radius 1 is 1.06 bits per heavy atom. The highest BCUT2D eigenvalue weighted by Crippen LogP contribution is 2.30. The lowest BCUT2D eigenvalue weighted by atomic mass is 10.0. The molecular weight excluding hydrogens is 428 g/mol. The van der Waals surface area contributed by atoms with E-state index in [-0.39, 0.29) is 12.3 Å². The topological polar surface area (TPSA) is 79.8 Å². The lowest BCUT2D eigenvalue weighted by Gasteiger charge is -2.15. The highest BCUT2D eigenvalue weighted by atomic mass is 35.5. The molecule has 0 saturated heterocycles. The van der Waals surface area contributed by atoms with Gasteiger partial charge >= 0.3 is 5.69 Å². The molecule has 0 atom stereocenters. The molecular formula is C23H25ClN6O2. The van der Waals surface area contributed by atoms with Gasteiger partial charge in [0.25, 0.3) is 0 Å². The number of benzene rings is 2. The highest BCUT2D eigenvalue weighted by Gasteiger charge is 2.16. The average Bonchev–Trinajstić information content (AvgIpc) is 3.25. The number of rotatable bonds is 6. The summed E-state index contributed by atoms with van der Waals surface area (Å²) in [6.07, 6.45) is 0.783. The maximum Gasteiger partial charge on any atom is 0.368 e. The Labute approximate surface area is 191 Å². The fourth-order valence-corrected chi connectivity index (χ4v) is 3.87. The molecule has 0 N–H and O–H groups in total. The van der Waals surface area contributed by atoms with E-state index in [2.05, 4.69) is 29.4 Å². The molecule has 0 radical (unpaired) electrons. The third kappa shape index (κ3) is 3.82. The second-order valence-corrected chi connectivity index (χ2v) is 8.08. The molecule has 0 bridgehead atoms. The Hall–Kier alpha value is -3.39. The summed E-state index contributed by atoms with van der Waals surface area (Å²) in [4.78, 5) is 12.4. The van der Waals surface area contributed by atoms with Crippen molar-refractivity contribution in [3.05, 3.63) is 80.0 Å². The van der Waals surface area contributed by atoms with E-state index >= 15 is 0 Å². The number of nitrogens with zero attached hydrogens (tertiary/aromatic N) is 6. The zero-order valence-electron chi connectivity index (χ0n) is 18.8. The molecule has 0 saturated carbocycles. The second kappa shape index (κ2) is 8.63. The second-order valence-electron chi connectivity index (χ2n) is 7.68. The third-order valence-electron chi connectivity index (χ3n) is 5.76. The Balaban J connectivity index is 1.65. The zero-order chi connectivity index (χ0) is 23.0. The van der Waals surface area contributed by atoms with E-state index in [0.29, 0.717) is 16.5 Å². The summed E-state index contributed by atoms with van der Waals surface area (Å²) in [5.41, 5.74) is 6.35. The van der Waals surface area contributed by atoms with Crippen LogP contribution in [0.2, 0.25) is 5.02 Å². The summed E-state index contributed by atoms with van der Waals surface area (Å²) in [6.45, 7) is 8.37. The van der Waals surface area contributed by atoms with E-state index in [1.165, 1.54) is 9.36 Å². The molecule has 2 aromatic carbocycles. The number of ether oxygens (including phenoxy) is 1. The van der Waals surface area contributed by atoms with Gasteiger partial charge in [0.15, 0.2) is 0 Å². The first kappa shape index (κ1) is 21.8. The highest BCUT2D eigenvalue weighted by molar-refractivity contribution is 6.32. The minimum Gasteiger partial charge on any atom is -0.487 e. The van der Waals surface area contributed by atoms with Gasteiger partial charge in [0.05, 0.1) is 22.1 Å². The molecule has 4 aromatic rings. The van der Waals surface area contributed by atoms with Gasteiger partial charge in [-0.25, -0.2) is 9.48 Å². The molecule has 4 rings (SSSR count). The van der Waals surface area contributed by atoms with Gasteiger partial charge in [-0.05, 0) is 73.0 Å². The van der Waals surface area contributed by atoms with Crippen molar-refractivity contribution in [3.63, 3.8) is 0 Å². The minimum absolute atomic E-state index is 0.237. The van der Waals surface area contributed by atoms with Crippen molar-refractivity contribution in [2.45, 2.75) is 40.7 Å². The van der Waals surface area contributed by atoms with Crippen molar-refractivity contribution in [3.8, 4) is 17.1 Å². The molecule has 32 heavy (non-hydrogen) atoms. The maximum atomic E-state index is 12.4. The molecule has 166 valence electrons. The van der Waals surface area contributed by atoms with Crippen LogP contribution >= 0.6 is 11.6 Å². The van der Waals surface area contributed by atoms with Crippen molar-refractivity contribution >= 4 is 11.6 Å². The largest absolute Gasteiger partial charge is 0.487 e. The molecule has 0 aliphatic carbocycles. The fourth-order valence-electron chi connectivity index (χ4n) is 3.64. The molecule has 0 fully saturated rings. The molecule has 2 aromatic heterocycles. The molecule has 0 aliphatic heterocycles. The first-order valence-corrected chi connectivity index (χ1v) is 10.7. The number of halogens is 1. The van der Waals surface area contributed by atoms with Gasteiger partial charge in [-0.2, -0.15) is 14.5 Å². The van der Waals surface area contributed by atoms with Crippen molar-refractivity contribution < 1.29 is 4.74 Å². The van der Waals surface area contributed by atoms with Gasteiger partial charge in [-0.3, -0.25) is 0 Å². The van der Waals surface area contributed by atoms with Crippen LogP contribution in [0.25, 0.3) is 11.4 Å². The van der Waals surface area contributed by atoms with Crippen LogP contribution < -0.4 is 10.4 Å². The van der Waals surface area contributed by atoms with Crippen molar-refractivity contribution in [1.29, 1.82) is 0 Å². The van der Waals surface area contributed by atoms with E-state index < -0.39 is 0 Å². The summed E-state index contributed by atoms with van der Waals surface area (Å²) >= 11 is 6.56. The first-order chi connectivity index (χ1) is 15.3. The van der Waals surface area contributed by atoms with Gasteiger partial charge in [0.1, 0.15) is 12.4 Å². The Bertz CT molecular complexity index is 1350. The molecule has 0 spiro atoms. The number of hydrogen-bond acceptors (Lipinski definition) is 5. The van der Waals surface area contributed by atoms with Gasteiger partial charge in [-0.1, -0.05) is 30.7 Å². The molecule has 8 nitrogen and oxygen atoms in total. The molecule has 0 aliphatic rings. The standard InChI is InChI=1S/C23H25ClN6O2/c1-6-17-8-7-9-21(30-23(31)28(5)26-27-30)19(17)13-32-22-11-10-18(12-20(22)24)29-16(4)14(2)15(3)25-29/h7-12H,6,13H2,1-5H3. The Morgan fingerprint density at radius 2 is 1.84 bits per heavy atom. The average molecular weight is 453 g/mol. The molecule has 2 heterocycles. The Morgan fingerprint density at radius 3 is 2.44 bits per heavy atom. The smallest absolute Gasteiger partial charge is 0.368 e. The van der Waals surface area contributed by atoms with E-state index in [1.54, 1.807) is 7.05 Å².